The molecule has 110 valence electrons. The van der Waals surface area contributed by atoms with Gasteiger partial charge in [-0.15, -0.1) is 0 Å². The number of benzene rings is 1. The van der Waals surface area contributed by atoms with Crippen molar-refractivity contribution in [2.24, 2.45) is 0 Å². The van der Waals surface area contributed by atoms with E-state index in [-0.39, 0.29) is 16.8 Å². The minimum absolute atomic E-state index is 0.0445. The lowest BCUT2D eigenvalue weighted by Crippen LogP contribution is -2.20. The number of halogens is 4. The number of hydrogen-bond donors (Lipinski definition) is 1. The molecule has 2 aromatic rings. The fraction of sp³-hybridized carbons (Fsp3) is 0.143. The normalized spacial score (nSPS) is 13.0. The van der Waals surface area contributed by atoms with Crippen LogP contribution in [0.1, 0.15) is 22.0 Å². The number of alkyl halides is 3. The van der Waals surface area contributed by atoms with E-state index in [9.17, 15) is 27.5 Å². The molecule has 0 fully saturated rings. The first-order valence-electron chi connectivity index (χ1n) is 5.78. The van der Waals surface area contributed by atoms with Gasteiger partial charge in [-0.1, -0.05) is 0 Å². The lowest BCUT2D eigenvalue weighted by molar-refractivity contribution is -0.206. The largest absolute Gasteiger partial charge is 0.418 e. The quantitative estimate of drug-likeness (QED) is 0.699. The van der Waals surface area contributed by atoms with E-state index in [0.717, 1.165) is 24.4 Å². The zero-order chi connectivity index (χ0) is 15.6. The van der Waals surface area contributed by atoms with Crippen LogP contribution in [0.4, 0.5) is 17.6 Å². The van der Waals surface area contributed by atoms with E-state index in [2.05, 4.69) is 4.98 Å². The fourth-order valence-corrected chi connectivity index (χ4v) is 1.79. The van der Waals surface area contributed by atoms with E-state index in [1.165, 1.54) is 12.1 Å². The van der Waals surface area contributed by atoms with Crippen molar-refractivity contribution in [1.82, 2.24) is 4.98 Å². The van der Waals surface area contributed by atoms with Crippen molar-refractivity contribution >= 4 is 6.29 Å². The molecule has 1 aromatic heterocycles. The van der Waals surface area contributed by atoms with Crippen molar-refractivity contribution in [3.05, 3.63) is 53.5 Å². The fourth-order valence-electron chi connectivity index (χ4n) is 1.79. The number of aromatic nitrogens is 1. The highest BCUT2D eigenvalue weighted by molar-refractivity contribution is 5.79. The van der Waals surface area contributed by atoms with Gasteiger partial charge in [-0.2, -0.15) is 13.2 Å². The molecule has 1 heterocycles. The van der Waals surface area contributed by atoms with Gasteiger partial charge in [-0.05, 0) is 35.9 Å². The second-order valence-corrected chi connectivity index (χ2v) is 4.31. The molecule has 0 aliphatic heterocycles. The molecule has 0 spiro atoms. The highest BCUT2D eigenvalue weighted by atomic mass is 19.4. The van der Waals surface area contributed by atoms with Crippen molar-refractivity contribution in [2.75, 3.05) is 0 Å². The van der Waals surface area contributed by atoms with Crippen molar-refractivity contribution in [1.29, 1.82) is 0 Å². The van der Waals surface area contributed by atoms with E-state index < -0.39 is 23.7 Å². The molecule has 0 bridgehead atoms. The first-order valence-corrected chi connectivity index (χ1v) is 5.78. The summed E-state index contributed by atoms with van der Waals surface area (Å²) in [4.78, 5) is 14.6. The number of carbonyl (C=O) groups excluding carboxylic acids is 1. The minimum atomic E-state index is -4.85. The molecule has 2 rings (SSSR count). The first-order chi connectivity index (χ1) is 9.81. The van der Waals surface area contributed by atoms with E-state index in [0.29, 0.717) is 6.29 Å². The summed E-state index contributed by atoms with van der Waals surface area (Å²) in [5.41, 5.74) is -0.154. The van der Waals surface area contributed by atoms with Crippen LogP contribution in [-0.4, -0.2) is 22.6 Å². The Hall–Kier alpha value is -2.28. The summed E-state index contributed by atoms with van der Waals surface area (Å²) in [6, 6.07) is 5.67. The van der Waals surface area contributed by atoms with Crippen LogP contribution in [0.5, 0.6) is 0 Å². The number of aldehydes is 1. The predicted octanol–water partition coefficient (Wildman–Crippen LogP) is 3.30. The monoisotopic (exact) mass is 299 g/mol. The number of aliphatic hydroxyl groups is 1. The smallest absolute Gasteiger partial charge is 0.379 e. The topological polar surface area (TPSA) is 50.2 Å². The second-order valence-electron chi connectivity index (χ2n) is 4.31. The van der Waals surface area contributed by atoms with Gasteiger partial charge in [0.1, 0.15) is 12.1 Å². The lowest BCUT2D eigenvalue weighted by atomic mass is 10.00. The molecule has 7 heteroatoms. The molecular weight excluding hydrogens is 290 g/mol. The number of rotatable bonds is 3. The molecule has 0 saturated heterocycles. The Morgan fingerprint density at radius 3 is 2.43 bits per heavy atom. The number of hydrogen-bond acceptors (Lipinski definition) is 3. The van der Waals surface area contributed by atoms with Gasteiger partial charge in [0.2, 0.25) is 0 Å². The number of nitrogens with zero attached hydrogens (tertiary/aromatic N) is 1. The first kappa shape index (κ1) is 15.1. The minimum Gasteiger partial charge on any atom is -0.379 e. The molecular formula is C14H9F4NO2. The van der Waals surface area contributed by atoms with E-state index in [1.54, 1.807) is 0 Å². The maximum Gasteiger partial charge on any atom is 0.418 e. The van der Waals surface area contributed by atoms with Crippen LogP contribution in [0.25, 0.3) is 11.3 Å². The van der Waals surface area contributed by atoms with Gasteiger partial charge in [-0.25, -0.2) is 4.39 Å². The maximum absolute atomic E-state index is 12.8. The molecule has 0 amide bonds. The van der Waals surface area contributed by atoms with E-state index in [4.69, 9.17) is 0 Å². The summed E-state index contributed by atoms with van der Waals surface area (Å²) in [5, 5.41) is 9.27. The van der Waals surface area contributed by atoms with E-state index >= 15 is 0 Å². The Bertz CT molecular complexity index is 653. The van der Waals surface area contributed by atoms with Crippen LogP contribution in [0.2, 0.25) is 0 Å². The van der Waals surface area contributed by atoms with Crippen LogP contribution in [0.3, 0.4) is 0 Å². The third kappa shape index (κ3) is 3.43. The van der Waals surface area contributed by atoms with Crippen molar-refractivity contribution in [3.8, 4) is 11.3 Å². The zero-order valence-electron chi connectivity index (χ0n) is 10.4. The molecule has 1 unspecified atom stereocenters. The van der Waals surface area contributed by atoms with Crippen LogP contribution < -0.4 is 0 Å². The van der Waals surface area contributed by atoms with Gasteiger partial charge in [0.05, 0.1) is 11.9 Å². The molecule has 0 saturated carbocycles. The SMILES string of the molecule is O=Cc1cc(-c2ccc(F)cn2)cc(C(O)C(F)(F)F)c1. The number of aliphatic hydroxyl groups excluding tert-OH is 1. The number of carbonyl (C=O) groups is 1. The Labute approximate surface area is 116 Å². The van der Waals surface area contributed by atoms with Crippen molar-refractivity contribution in [3.63, 3.8) is 0 Å². The summed E-state index contributed by atoms with van der Waals surface area (Å²) in [6.07, 6.45) is -6.30. The van der Waals surface area contributed by atoms with Gasteiger partial charge in [-0.3, -0.25) is 9.78 Å². The molecule has 0 radical (unpaired) electrons. The molecule has 1 aromatic carbocycles. The summed E-state index contributed by atoms with van der Waals surface area (Å²) in [7, 11) is 0. The van der Waals surface area contributed by atoms with Gasteiger partial charge in [0, 0.05) is 11.1 Å². The van der Waals surface area contributed by atoms with Crippen molar-refractivity contribution in [2.45, 2.75) is 12.3 Å². The van der Waals surface area contributed by atoms with Crippen LogP contribution in [-0.2, 0) is 0 Å². The summed E-state index contributed by atoms with van der Waals surface area (Å²) in [6.45, 7) is 0. The Balaban J connectivity index is 2.52. The van der Waals surface area contributed by atoms with Gasteiger partial charge in [0.25, 0.3) is 0 Å². The average Bonchev–Trinajstić information content (AvgIpc) is 2.45. The maximum atomic E-state index is 12.8. The third-order valence-electron chi connectivity index (χ3n) is 2.76. The summed E-state index contributed by atoms with van der Waals surface area (Å²) in [5.74, 6) is -0.596. The van der Waals surface area contributed by atoms with Crippen LogP contribution in [0, 0.1) is 5.82 Å². The van der Waals surface area contributed by atoms with E-state index in [1.807, 2.05) is 0 Å². The molecule has 21 heavy (non-hydrogen) atoms. The van der Waals surface area contributed by atoms with Gasteiger partial charge >= 0.3 is 6.18 Å². The lowest BCUT2D eigenvalue weighted by Gasteiger charge is -2.16. The third-order valence-corrected chi connectivity index (χ3v) is 2.76. The summed E-state index contributed by atoms with van der Waals surface area (Å²) < 4.78 is 50.5. The second kappa shape index (κ2) is 5.61. The Morgan fingerprint density at radius 1 is 1.19 bits per heavy atom. The molecule has 1 N–H and O–H groups in total. The van der Waals surface area contributed by atoms with Gasteiger partial charge < -0.3 is 5.11 Å². The molecule has 0 aliphatic rings. The highest BCUT2D eigenvalue weighted by Crippen LogP contribution is 2.34. The Kier molecular flexibility index (Phi) is 4.04. The highest BCUT2D eigenvalue weighted by Gasteiger charge is 2.39. The predicted molar refractivity (Wildman–Crippen MR) is 66.0 cm³/mol. The van der Waals surface area contributed by atoms with Crippen molar-refractivity contribution < 1.29 is 27.5 Å². The van der Waals surface area contributed by atoms with Crippen LogP contribution in [0.15, 0.2) is 36.5 Å². The Morgan fingerprint density at radius 2 is 1.90 bits per heavy atom. The molecule has 3 nitrogen and oxygen atoms in total. The average molecular weight is 299 g/mol. The zero-order valence-corrected chi connectivity index (χ0v) is 10.4. The standard InChI is InChI=1S/C14H9F4NO2/c15-11-1-2-12(19-6-11)9-3-8(7-20)4-10(5-9)13(21)14(16,17)18/h1-7,13,21H. The number of pyridine rings is 1. The molecule has 0 aliphatic carbocycles. The van der Waals surface area contributed by atoms with Crippen LogP contribution >= 0.6 is 0 Å². The van der Waals surface area contributed by atoms with Gasteiger partial charge in [0.15, 0.2) is 6.10 Å². The summed E-state index contributed by atoms with van der Waals surface area (Å²) >= 11 is 0. The molecule has 1 atom stereocenters.